The summed E-state index contributed by atoms with van der Waals surface area (Å²) in [4.78, 5) is 2.50. The van der Waals surface area contributed by atoms with E-state index in [4.69, 9.17) is 5.73 Å². The van der Waals surface area contributed by atoms with Gasteiger partial charge in [-0.15, -0.1) is 0 Å². The lowest BCUT2D eigenvalue weighted by atomic mass is 9.88. The summed E-state index contributed by atoms with van der Waals surface area (Å²) < 4.78 is 0. The van der Waals surface area contributed by atoms with Gasteiger partial charge in [-0.25, -0.2) is 0 Å². The molecule has 2 atom stereocenters. The van der Waals surface area contributed by atoms with Crippen molar-refractivity contribution in [3.05, 3.63) is 71.3 Å². The fourth-order valence-electron chi connectivity index (χ4n) is 3.28. The topological polar surface area (TPSA) is 29.3 Å². The van der Waals surface area contributed by atoms with Gasteiger partial charge in [-0.05, 0) is 30.4 Å². The van der Waals surface area contributed by atoms with Crippen LogP contribution in [0.3, 0.4) is 0 Å². The molecule has 0 aromatic heterocycles. The molecule has 1 fully saturated rings. The second-order valence-electron chi connectivity index (χ2n) is 6.28. The van der Waals surface area contributed by atoms with Gasteiger partial charge in [0.05, 0.1) is 0 Å². The molecule has 0 bridgehead atoms. The van der Waals surface area contributed by atoms with Crippen molar-refractivity contribution in [1.29, 1.82) is 0 Å². The van der Waals surface area contributed by atoms with E-state index in [0.29, 0.717) is 5.92 Å². The maximum Gasteiger partial charge on any atom is 0.0234 e. The number of piperidine rings is 1. The van der Waals surface area contributed by atoms with E-state index in [9.17, 15) is 0 Å². The third kappa shape index (κ3) is 3.72. The number of nitrogens with two attached hydrogens (primary N) is 1. The van der Waals surface area contributed by atoms with Crippen molar-refractivity contribution in [3.8, 4) is 0 Å². The SMILES string of the molecule is Cc1ccc(CN2CC(N)CC(c3ccccc3)C2)cc1. The fourth-order valence-corrected chi connectivity index (χ4v) is 3.28. The van der Waals surface area contributed by atoms with E-state index in [2.05, 4.69) is 66.4 Å². The molecule has 0 spiro atoms. The average Bonchev–Trinajstić information content (AvgIpc) is 2.50. The van der Waals surface area contributed by atoms with Crippen molar-refractivity contribution in [3.63, 3.8) is 0 Å². The summed E-state index contributed by atoms with van der Waals surface area (Å²) >= 11 is 0. The van der Waals surface area contributed by atoms with Crippen LogP contribution in [-0.2, 0) is 6.54 Å². The van der Waals surface area contributed by atoms with Crippen LogP contribution >= 0.6 is 0 Å². The van der Waals surface area contributed by atoms with Gasteiger partial charge >= 0.3 is 0 Å². The molecule has 0 amide bonds. The quantitative estimate of drug-likeness (QED) is 0.934. The molecule has 1 saturated heterocycles. The number of rotatable bonds is 3. The number of hydrogen-bond donors (Lipinski definition) is 1. The molecule has 0 saturated carbocycles. The molecular weight excluding hydrogens is 256 g/mol. The summed E-state index contributed by atoms with van der Waals surface area (Å²) in [7, 11) is 0. The third-order valence-corrected chi connectivity index (χ3v) is 4.36. The zero-order valence-electron chi connectivity index (χ0n) is 12.7. The molecule has 110 valence electrons. The Morgan fingerprint density at radius 2 is 1.71 bits per heavy atom. The summed E-state index contributed by atoms with van der Waals surface area (Å²) in [6.45, 7) is 5.23. The van der Waals surface area contributed by atoms with Crippen molar-refractivity contribution < 1.29 is 0 Å². The first-order chi connectivity index (χ1) is 10.2. The summed E-state index contributed by atoms with van der Waals surface area (Å²) in [5.74, 6) is 0.556. The van der Waals surface area contributed by atoms with Crippen LogP contribution in [0.15, 0.2) is 54.6 Å². The Morgan fingerprint density at radius 3 is 2.43 bits per heavy atom. The van der Waals surface area contributed by atoms with E-state index in [1.54, 1.807) is 0 Å². The molecule has 0 radical (unpaired) electrons. The van der Waals surface area contributed by atoms with Crippen LogP contribution in [-0.4, -0.2) is 24.0 Å². The third-order valence-electron chi connectivity index (χ3n) is 4.36. The Kier molecular flexibility index (Phi) is 4.37. The Bertz CT molecular complexity index is 562. The van der Waals surface area contributed by atoms with E-state index in [1.165, 1.54) is 16.7 Å². The van der Waals surface area contributed by atoms with Crippen LogP contribution < -0.4 is 5.73 Å². The van der Waals surface area contributed by atoms with E-state index in [0.717, 1.165) is 26.1 Å². The van der Waals surface area contributed by atoms with Crippen LogP contribution in [0.4, 0.5) is 0 Å². The first-order valence-electron chi connectivity index (χ1n) is 7.79. The molecule has 2 N–H and O–H groups in total. The van der Waals surface area contributed by atoms with Crippen LogP contribution in [0.1, 0.15) is 29.0 Å². The summed E-state index contributed by atoms with van der Waals surface area (Å²) in [5, 5.41) is 0. The first-order valence-corrected chi connectivity index (χ1v) is 7.79. The lowest BCUT2D eigenvalue weighted by Gasteiger charge is -2.36. The van der Waals surface area contributed by atoms with E-state index >= 15 is 0 Å². The van der Waals surface area contributed by atoms with Crippen molar-refractivity contribution >= 4 is 0 Å². The minimum atomic E-state index is 0.273. The normalized spacial score (nSPS) is 23.1. The van der Waals surface area contributed by atoms with E-state index < -0.39 is 0 Å². The molecule has 3 rings (SSSR count). The highest BCUT2D eigenvalue weighted by molar-refractivity contribution is 5.23. The highest BCUT2D eigenvalue weighted by atomic mass is 15.1. The highest BCUT2D eigenvalue weighted by Crippen LogP contribution is 2.27. The second kappa shape index (κ2) is 6.42. The monoisotopic (exact) mass is 280 g/mol. The molecular formula is C19H24N2. The van der Waals surface area contributed by atoms with Gasteiger partial charge in [0.1, 0.15) is 0 Å². The number of aryl methyl sites for hydroxylation is 1. The maximum atomic E-state index is 6.29. The molecule has 21 heavy (non-hydrogen) atoms. The number of nitrogens with zero attached hydrogens (tertiary/aromatic N) is 1. The lowest BCUT2D eigenvalue weighted by Crippen LogP contribution is -2.45. The lowest BCUT2D eigenvalue weighted by molar-refractivity contribution is 0.181. The van der Waals surface area contributed by atoms with Crippen LogP contribution in [0.5, 0.6) is 0 Å². The van der Waals surface area contributed by atoms with Crippen LogP contribution in [0, 0.1) is 6.92 Å². The largest absolute Gasteiger partial charge is 0.327 e. The predicted octanol–water partition coefficient (Wildman–Crippen LogP) is 3.31. The van der Waals surface area contributed by atoms with Crippen molar-refractivity contribution in [2.45, 2.75) is 31.8 Å². The van der Waals surface area contributed by atoms with Crippen molar-refractivity contribution in [2.24, 2.45) is 5.73 Å². The van der Waals surface area contributed by atoms with Gasteiger partial charge in [-0.2, -0.15) is 0 Å². The maximum absolute atomic E-state index is 6.29. The summed E-state index contributed by atoms with van der Waals surface area (Å²) in [6.07, 6.45) is 1.09. The zero-order chi connectivity index (χ0) is 14.7. The van der Waals surface area contributed by atoms with Gasteiger partial charge in [-0.1, -0.05) is 60.2 Å². The van der Waals surface area contributed by atoms with E-state index in [-0.39, 0.29) is 6.04 Å². The molecule has 2 unspecified atom stereocenters. The Morgan fingerprint density at radius 1 is 1.00 bits per heavy atom. The molecule has 2 aromatic rings. The second-order valence-corrected chi connectivity index (χ2v) is 6.28. The Balaban J connectivity index is 1.70. The van der Waals surface area contributed by atoms with Gasteiger partial charge in [0.2, 0.25) is 0 Å². The molecule has 2 heteroatoms. The van der Waals surface area contributed by atoms with Gasteiger partial charge in [-0.3, -0.25) is 4.90 Å². The minimum absolute atomic E-state index is 0.273. The molecule has 1 heterocycles. The smallest absolute Gasteiger partial charge is 0.0234 e. The molecule has 0 aliphatic carbocycles. The Hall–Kier alpha value is -1.64. The molecule has 1 aliphatic rings. The van der Waals surface area contributed by atoms with Gasteiger partial charge < -0.3 is 5.73 Å². The van der Waals surface area contributed by atoms with Gasteiger partial charge in [0, 0.05) is 25.7 Å². The molecule has 2 nitrogen and oxygen atoms in total. The highest BCUT2D eigenvalue weighted by Gasteiger charge is 2.25. The zero-order valence-corrected chi connectivity index (χ0v) is 12.7. The van der Waals surface area contributed by atoms with Crippen LogP contribution in [0.25, 0.3) is 0 Å². The van der Waals surface area contributed by atoms with Crippen molar-refractivity contribution in [2.75, 3.05) is 13.1 Å². The van der Waals surface area contributed by atoms with Crippen LogP contribution in [0.2, 0.25) is 0 Å². The van der Waals surface area contributed by atoms with Gasteiger partial charge in [0.15, 0.2) is 0 Å². The molecule has 1 aliphatic heterocycles. The number of benzene rings is 2. The summed E-state index contributed by atoms with van der Waals surface area (Å²) in [5.41, 5.74) is 10.4. The Labute approximate surface area is 127 Å². The summed E-state index contributed by atoms with van der Waals surface area (Å²) in [6, 6.07) is 19.9. The molecule has 2 aromatic carbocycles. The average molecular weight is 280 g/mol. The standard InChI is InChI=1S/C19H24N2/c1-15-7-9-16(10-8-15)12-21-13-18(11-19(20)14-21)17-5-3-2-4-6-17/h2-10,18-19H,11-14,20H2,1H3. The minimum Gasteiger partial charge on any atom is -0.327 e. The first kappa shape index (κ1) is 14.3. The van der Waals surface area contributed by atoms with Gasteiger partial charge in [0.25, 0.3) is 0 Å². The van der Waals surface area contributed by atoms with Crippen molar-refractivity contribution in [1.82, 2.24) is 4.90 Å². The number of likely N-dealkylation sites (tertiary alicyclic amines) is 1. The predicted molar refractivity (Wildman–Crippen MR) is 88.2 cm³/mol. The number of hydrogen-bond acceptors (Lipinski definition) is 2. The van der Waals surface area contributed by atoms with E-state index in [1.807, 2.05) is 0 Å². The fraction of sp³-hybridized carbons (Fsp3) is 0.368.